The molecule has 0 aliphatic carbocycles. The Morgan fingerprint density at radius 2 is 2.06 bits per heavy atom. The molecule has 0 aromatic carbocycles. The molecule has 18 heavy (non-hydrogen) atoms. The fourth-order valence-corrected chi connectivity index (χ4v) is 2.28. The van der Waals surface area contributed by atoms with E-state index in [1.165, 1.54) is 0 Å². The number of anilines is 1. The number of rotatable bonds is 5. The smallest absolute Gasteiger partial charge is 0.150 e. The highest BCUT2D eigenvalue weighted by atomic mass is 16.5. The van der Waals surface area contributed by atoms with Crippen LogP contribution in [0.4, 0.5) is 5.82 Å². The highest BCUT2D eigenvalue weighted by molar-refractivity contribution is 5.42. The van der Waals surface area contributed by atoms with Crippen molar-refractivity contribution in [3.8, 4) is 0 Å². The Kier molecular flexibility index (Phi) is 4.90. The number of aryl methyl sites for hydroxylation is 1. The molecule has 100 valence electrons. The van der Waals surface area contributed by atoms with Crippen LogP contribution in [0.15, 0.2) is 12.4 Å². The predicted octanol–water partition coefficient (Wildman–Crippen LogP) is 1.12. The maximum Gasteiger partial charge on any atom is 0.150 e. The molecule has 1 aromatic heterocycles. The molecular formula is C13H22N4O. The van der Waals surface area contributed by atoms with Gasteiger partial charge in [-0.2, -0.15) is 0 Å². The summed E-state index contributed by atoms with van der Waals surface area (Å²) in [6.07, 6.45) is 6.93. The molecule has 1 saturated heterocycles. The van der Waals surface area contributed by atoms with E-state index in [1.807, 2.05) is 6.92 Å². The number of hydrogen-bond acceptors (Lipinski definition) is 5. The third-order valence-corrected chi connectivity index (χ3v) is 3.30. The Morgan fingerprint density at radius 3 is 2.72 bits per heavy atom. The standard InChI is InChI=1S/C13H22N4O/c1-11-13(16-7-6-15-11)17-8-3-12(4-9-17)18-10-2-5-14/h6-7,12H,2-5,8-10,14H2,1H3. The molecule has 0 radical (unpaired) electrons. The number of hydrogen-bond donors (Lipinski definition) is 1. The SMILES string of the molecule is Cc1nccnc1N1CCC(OCCCN)CC1. The van der Waals surface area contributed by atoms with Gasteiger partial charge in [0.25, 0.3) is 0 Å². The minimum atomic E-state index is 0.379. The van der Waals surface area contributed by atoms with E-state index in [0.29, 0.717) is 12.6 Å². The molecule has 5 nitrogen and oxygen atoms in total. The fraction of sp³-hybridized carbons (Fsp3) is 0.692. The van der Waals surface area contributed by atoms with Crippen molar-refractivity contribution in [1.29, 1.82) is 0 Å². The molecule has 0 atom stereocenters. The maximum absolute atomic E-state index is 5.80. The molecule has 0 unspecified atom stereocenters. The number of aromatic nitrogens is 2. The first-order valence-electron chi connectivity index (χ1n) is 6.65. The van der Waals surface area contributed by atoms with Gasteiger partial charge in [0.15, 0.2) is 0 Å². The largest absolute Gasteiger partial charge is 0.378 e. The van der Waals surface area contributed by atoms with E-state index in [0.717, 1.165) is 50.5 Å². The summed E-state index contributed by atoms with van der Waals surface area (Å²) in [5.74, 6) is 1.01. The van der Waals surface area contributed by atoms with Crippen LogP contribution in [-0.4, -0.2) is 42.3 Å². The average Bonchev–Trinajstić information content (AvgIpc) is 2.41. The zero-order chi connectivity index (χ0) is 12.8. The van der Waals surface area contributed by atoms with Gasteiger partial charge in [0, 0.05) is 32.1 Å². The number of nitrogens with two attached hydrogens (primary N) is 1. The quantitative estimate of drug-likeness (QED) is 0.793. The van der Waals surface area contributed by atoms with Gasteiger partial charge in [-0.25, -0.2) is 4.98 Å². The van der Waals surface area contributed by atoms with Crippen LogP contribution in [0.1, 0.15) is 25.0 Å². The molecular weight excluding hydrogens is 228 g/mol. The monoisotopic (exact) mass is 250 g/mol. The normalized spacial score (nSPS) is 17.1. The topological polar surface area (TPSA) is 64.3 Å². The lowest BCUT2D eigenvalue weighted by atomic mass is 10.1. The van der Waals surface area contributed by atoms with Crippen LogP contribution in [0.3, 0.4) is 0 Å². The molecule has 2 rings (SSSR count). The molecule has 0 saturated carbocycles. The zero-order valence-corrected chi connectivity index (χ0v) is 11.0. The summed E-state index contributed by atoms with van der Waals surface area (Å²) in [5, 5.41) is 0. The Balaban J connectivity index is 1.81. The molecule has 0 bridgehead atoms. The highest BCUT2D eigenvalue weighted by Crippen LogP contribution is 2.21. The van der Waals surface area contributed by atoms with Gasteiger partial charge in [0.2, 0.25) is 0 Å². The highest BCUT2D eigenvalue weighted by Gasteiger charge is 2.21. The van der Waals surface area contributed by atoms with Gasteiger partial charge >= 0.3 is 0 Å². The first-order chi connectivity index (χ1) is 8.81. The maximum atomic E-state index is 5.80. The minimum absolute atomic E-state index is 0.379. The third-order valence-electron chi connectivity index (χ3n) is 3.30. The first kappa shape index (κ1) is 13.2. The summed E-state index contributed by atoms with van der Waals surface area (Å²) in [6.45, 7) is 5.48. The lowest BCUT2D eigenvalue weighted by molar-refractivity contribution is 0.0365. The van der Waals surface area contributed by atoms with Crippen LogP contribution in [-0.2, 0) is 4.74 Å². The number of nitrogens with zero attached hydrogens (tertiary/aromatic N) is 3. The van der Waals surface area contributed by atoms with E-state index >= 15 is 0 Å². The van der Waals surface area contributed by atoms with E-state index in [9.17, 15) is 0 Å². The molecule has 0 spiro atoms. The predicted molar refractivity (Wildman–Crippen MR) is 71.6 cm³/mol. The molecule has 2 N–H and O–H groups in total. The summed E-state index contributed by atoms with van der Waals surface area (Å²) in [7, 11) is 0. The lowest BCUT2D eigenvalue weighted by Crippen LogP contribution is -2.38. The van der Waals surface area contributed by atoms with Crippen LogP contribution in [0.5, 0.6) is 0 Å². The van der Waals surface area contributed by atoms with Gasteiger partial charge in [-0.3, -0.25) is 4.98 Å². The van der Waals surface area contributed by atoms with Gasteiger partial charge < -0.3 is 15.4 Å². The Morgan fingerprint density at radius 1 is 1.33 bits per heavy atom. The number of piperidine rings is 1. The van der Waals surface area contributed by atoms with E-state index in [-0.39, 0.29) is 0 Å². The van der Waals surface area contributed by atoms with Gasteiger partial charge in [-0.05, 0) is 32.7 Å². The molecule has 1 aliphatic heterocycles. The Labute approximate surface area is 108 Å². The van der Waals surface area contributed by atoms with Crippen molar-refractivity contribution in [2.24, 2.45) is 5.73 Å². The van der Waals surface area contributed by atoms with Crippen molar-refractivity contribution >= 4 is 5.82 Å². The van der Waals surface area contributed by atoms with E-state index in [1.54, 1.807) is 12.4 Å². The van der Waals surface area contributed by atoms with Crippen LogP contribution < -0.4 is 10.6 Å². The summed E-state index contributed by atoms with van der Waals surface area (Å²) < 4.78 is 5.80. The van der Waals surface area contributed by atoms with Gasteiger partial charge in [0.1, 0.15) is 5.82 Å². The average molecular weight is 250 g/mol. The molecule has 0 amide bonds. The molecule has 1 fully saturated rings. The van der Waals surface area contributed by atoms with Crippen molar-refractivity contribution < 1.29 is 4.74 Å². The molecule has 1 aliphatic rings. The lowest BCUT2D eigenvalue weighted by Gasteiger charge is -2.33. The second-order valence-electron chi connectivity index (χ2n) is 4.66. The van der Waals surface area contributed by atoms with Crippen molar-refractivity contribution in [2.75, 3.05) is 31.1 Å². The van der Waals surface area contributed by atoms with E-state index < -0.39 is 0 Å². The Bertz CT molecular complexity index is 364. The second kappa shape index (κ2) is 6.66. The third kappa shape index (κ3) is 3.40. The van der Waals surface area contributed by atoms with E-state index in [4.69, 9.17) is 10.5 Å². The second-order valence-corrected chi connectivity index (χ2v) is 4.66. The van der Waals surface area contributed by atoms with Crippen molar-refractivity contribution in [2.45, 2.75) is 32.3 Å². The van der Waals surface area contributed by atoms with Gasteiger partial charge in [0.05, 0.1) is 11.8 Å². The van der Waals surface area contributed by atoms with E-state index in [2.05, 4.69) is 14.9 Å². The summed E-state index contributed by atoms with van der Waals surface area (Å²) in [6, 6.07) is 0. The van der Waals surface area contributed by atoms with Crippen molar-refractivity contribution in [1.82, 2.24) is 9.97 Å². The number of ether oxygens (including phenoxy) is 1. The summed E-state index contributed by atoms with van der Waals surface area (Å²) in [5.41, 5.74) is 6.46. The van der Waals surface area contributed by atoms with Crippen molar-refractivity contribution in [3.05, 3.63) is 18.1 Å². The van der Waals surface area contributed by atoms with Gasteiger partial charge in [-0.1, -0.05) is 0 Å². The zero-order valence-electron chi connectivity index (χ0n) is 11.0. The Hall–Kier alpha value is -1.20. The molecule has 5 heteroatoms. The minimum Gasteiger partial charge on any atom is -0.378 e. The summed E-state index contributed by atoms with van der Waals surface area (Å²) >= 11 is 0. The van der Waals surface area contributed by atoms with Crippen molar-refractivity contribution in [3.63, 3.8) is 0 Å². The molecule has 2 heterocycles. The summed E-state index contributed by atoms with van der Waals surface area (Å²) in [4.78, 5) is 11.0. The first-order valence-corrected chi connectivity index (χ1v) is 6.65. The molecule has 1 aromatic rings. The van der Waals surface area contributed by atoms with Crippen LogP contribution in [0.25, 0.3) is 0 Å². The van der Waals surface area contributed by atoms with Crippen LogP contribution in [0, 0.1) is 6.92 Å². The fourth-order valence-electron chi connectivity index (χ4n) is 2.28. The van der Waals surface area contributed by atoms with Crippen LogP contribution >= 0.6 is 0 Å². The van der Waals surface area contributed by atoms with Gasteiger partial charge in [-0.15, -0.1) is 0 Å². The van der Waals surface area contributed by atoms with Crippen LogP contribution in [0.2, 0.25) is 0 Å².